The number of fused-ring (bicyclic) bond motifs is 1. The van der Waals surface area contributed by atoms with Crippen molar-refractivity contribution in [1.82, 2.24) is 20.4 Å². The molecule has 3 N–H and O–H groups in total. The van der Waals surface area contributed by atoms with Crippen molar-refractivity contribution in [1.29, 1.82) is 0 Å². The van der Waals surface area contributed by atoms with Crippen LogP contribution in [0, 0.1) is 11.3 Å². The molecule has 1 saturated heterocycles. The average molecular weight is 329 g/mol. The van der Waals surface area contributed by atoms with Crippen LogP contribution < -0.4 is 10.6 Å². The second-order valence-corrected chi connectivity index (χ2v) is 6.40. The fraction of sp³-hybridized carbons (Fsp3) is 0.733. The molecule has 3 atom stereocenters. The summed E-state index contributed by atoms with van der Waals surface area (Å²) in [6.07, 6.45) is 7.14. The fourth-order valence-corrected chi connectivity index (χ4v) is 3.79. The third-order valence-electron chi connectivity index (χ3n) is 5.06. The fourth-order valence-electron chi connectivity index (χ4n) is 3.79. The SMILES string of the molecule is Cl.Cn1cc(C(O)CNC(=O)[C@@]23CCCC[C@H]2CNC3)cn1. The van der Waals surface area contributed by atoms with E-state index in [1.54, 1.807) is 17.1 Å². The molecule has 0 spiro atoms. The van der Waals surface area contributed by atoms with Gasteiger partial charge in [0.15, 0.2) is 0 Å². The summed E-state index contributed by atoms with van der Waals surface area (Å²) >= 11 is 0. The van der Waals surface area contributed by atoms with E-state index >= 15 is 0 Å². The summed E-state index contributed by atoms with van der Waals surface area (Å²) in [5.41, 5.74) is 0.479. The average Bonchev–Trinajstić information content (AvgIpc) is 3.11. The van der Waals surface area contributed by atoms with Crippen molar-refractivity contribution in [3.63, 3.8) is 0 Å². The normalized spacial score (nSPS) is 28.5. The summed E-state index contributed by atoms with van der Waals surface area (Å²) in [6, 6.07) is 0. The first kappa shape index (κ1) is 17.2. The van der Waals surface area contributed by atoms with Crippen LogP contribution >= 0.6 is 12.4 Å². The number of hydrogen-bond acceptors (Lipinski definition) is 4. The summed E-state index contributed by atoms with van der Waals surface area (Å²) < 4.78 is 1.65. The second-order valence-electron chi connectivity index (χ2n) is 6.40. The predicted molar refractivity (Wildman–Crippen MR) is 85.7 cm³/mol. The molecule has 1 amide bonds. The number of aliphatic hydroxyl groups excluding tert-OH is 1. The van der Waals surface area contributed by atoms with Gasteiger partial charge in [0.25, 0.3) is 0 Å². The molecule has 1 aromatic heterocycles. The Morgan fingerprint density at radius 2 is 2.45 bits per heavy atom. The number of aliphatic hydroxyl groups is 1. The summed E-state index contributed by atoms with van der Waals surface area (Å²) in [7, 11) is 1.81. The van der Waals surface area contributed by atoms with E-state index in [1.165, 1.54) is 6.42 Å². The third kappa shape index (κ3) is 3.14. The van der Waals surface area contributed by atoms with Gasteiger partial charge in [0, 0.05) is 31.9 Å². The number of nitrogens with one attached hydrogen (secondary N) is 2. The molecule has 7 heteroatoms. The summed E-state index contributed by atoms with van der Waals surface area (Å²) in [5, 5.41) is 20.5. The second kappa shape index (κ2) is 6.98. The molecule has 1 aromatic rings. The van der Waals surface area contributed by atoms with Gasteiger partial charge in [-0.3, -0.25) is 9.48 Å². The maximum Gasteiger partial charge on any atom is 0.227 e. The van der Waals surface area contributed by atoms with Gasteiger partial charge in [0.1, 0.15) is 0 Å². The lowest BCUT2D eigenvalue weighted by Crippen LogP contribution is -2.48. The topological polar surface area (TPSA) is 79.2 Å². The summed E-state index contributed by atoms with van der Waals surface area (Å²) in [4.78, 5) is 12.7. The van der Waals surface area contributed by atoms with Gasteiger partial charge in [-0.1, -0.05) is 12.8 Å². The lowest BCUT2D eigenvalue weighted by Gasteiger charge is -2.37. The minimum absolute atomic E-state index is 0. The maximum atomic E-state index is 12.7. The number of amides is 1. The van der Waals surface area contributed by atoms with Crippen molar-refractivity contribution in [3.8, 4) is 0 Å². The van der Waals surface area contributed by atoms with Crippen LogP contribution in [0.15, 0.2) is 12.4 Å². The Morgan fingerprint density at radius 3 is 3.18 bits per heavy atom. The highest BCUT2D eigenvalue weighted by molar-refractivity contribution is 5.85. The smallest absolute Gasteiger partial charge is 0.227 e. The van der Waals surface area contributed by atoms with Crippen molar-refractivity contribution < 1.29 is 9.90 Å². The standard InChI is InChI=1S/C15H24N4O2.ClH/c1-19-9-11(6-18-19)13(20)8-17-14(21)15-5-3-2-4-12(15)7-16-10-15;/h6,9,12-13,16,20H,2-5,7-8,10H2,1H3,(H,17,21);1H/t12-,13?,15+;/m0./s1. The minimum atomic E-state index is -0.699. The van der Waals surface area contributed by atoms with Crippen molar-refractivity contribution in [2.45, 2.75) is 31.8 Å². The molecule has 2 heterocycles. The molecule has 124 valence electrons. The zero-order chi connectivity index (χ0) is 14.9. The Morgan fingerprint density at radius 1 is 1.64 bits per heavy atom. The highest BCUT2D eigenvalue weighted by Gasteiger charge is 2.49. The van der Waals surface area contributed by atoms with Crippen molar-refractivity contribution in [3.05, 3.63) is 18.0 Å². The van der Waals surface area contributed by atoms with Crippen LogP contribution in [0.3, 0.4) is 0 Å². The molecule has 1 unspecified atom stereocenters. The van der Waals surface area contributed by atoms with E-state index in [9.17, 15) is 9.90 Å². The largest absolute Gasteiger partial charge is 0.386 e. The van der Waals surface area contributed by atoms with Crippen LogP contribution in [0.25, 0.3) is 0 Å². The van der Waals surface area contributed by atoms with Crippen LogP contribution in [0.5, 0.6) is 0 Å². The van der Waals surface area contributed by atoms with Crippen LogP contribution in [-0.2, 0) is 11.8 Å². The van der Waals surface area contributed by atoms with Gasteiger partial charge in [-0.15, -0.1) is 12.4 Å². The molecular formula is C15H25ClN4O2. The first-order chi connectivity index (χ1) is 10.1. The zero-order valence-electron chi connectivity index (χ0n) is 12.9. The van der Waals surface area contributed by atoms with Gasteiger partial charge >= 0.3 is 0 Å². The first-order valence-electron chi connectivity index (χ1n) is 7.77. The molecule has 0 bridgehead atoms. The van der Waals surface area contributed by atoms with Crippen molar-refractivity contribution in [2.75, 3.05) is 19.6 Å². The van der Waals surface area contributed by atoms with Crippen LogP contribution in [-0.4, -0.2) is 40.4 Å². The molecule has 1 aliphatic carbocycles. The minimum Gasteiger partial charge on any atom is -0.386 e. The number of aromatic nitrogens is 2. The molecule has 2 fully saturated rings. The number of hydrogen-bond donors (Lipinski definition) is 3. The monoisotopic (exact) mass is 328 g/mol. The van der Waals surface area contributed by atoms with Crippen LogP contribution in [0.4, 0.5) is 0 Å². The van der Waals surface area contributed by atoms with Gasteiger partial charge in [0.2, 0.25) is 5.91 Å². The number of aryl methyl sites for hydroxylation is 1. The zero-order valence-corrected chi connectivity index (χ0v) is 13.7. The lowest BCUT2D eigenvalue weighted by molar-refractivity contribution is -0.134. The highest BCUT2D eigenvalue weighted by atomic mass is 35.5. The van der Waals surface area contributed by atoms with E-state index in [1.807, 2.05) is 7.05 Å². The third-order valence-corrected chi connectivity index (χ3v) is 5.06. The molecule has 3 rings (SSSR count). The first-order valence-corrected chi connectivity index (χ1v) is 7.77. The quantitative estimate of drug-likeness (QED) is 0.763. The predicted octanol–water partition coefficient (Wildman–Crippen LogP) is 0.771. The number of rotatable bonds is 4. The summed E-state index contributed by atoms with van der Waals surface area (Å²) in [6.45, 7) is 1.96. The lowest BCUT2D eigenvalue weighted by atomic mass is 9.67. The molecule has 22 heavy (non-hydrogen) atoms. The maximum absolute atomic E-state index is 12.7. The molecule has 0 aromatic carbocycles. The number of halogens is 1. The van der Waals surface area contributed by atoms with Gasteiger partial charge in [-0.2, -0.15) is 5.10 Å². The number of nitrogens with zero attached hydrogens (tertiary/aromatic N) is 2. The van der Waals surface area contributed by atoms with E-state index in [-0.39, 0.29) is 30.3 Å². The highest BCUT2D eigenvalue weighted by Crippen LogP contribution is 2.43. The molecule has 2 aliphatic rings. The van der Waals surface area contributed by atoms with Crippen molar-refractivity contribution in [2.24, 2.45) is 18.4 Å². The van der Waals surface area contributed by atoms with Gasteiger partial charge in [0.05, 0.1) is 17.7 Å². The Labute approximate surface area is 137 Å². The van der Waals surface area contributed by atoms with Gasteiger partial charge in [-0.25, -0.2) is 0 Å². The van der Waals surface area contributed by atoms with Crippen LogP contribution in [0.1, 0.15) is 37.4 Å². The van der Waals surface area contributed by atoms with Gasteiger partial charge < -0.3 is 15.7 Å². The van der Waals surface area contributed by atoms with E-state index in [0.29, 0.717) is 5.92 Å². The Bertz CT molecular complexity index is 521. The van der Waals surface area contributed by atoms with Gasteiger partial charge in [-0.05, 0) is 25.3 Å². The Balaban J connectivity index is 0.00000176. The van der Waals surface area contributed by atoms with E-state index < -0.39 is 6.10 Å². The van der Waals surface area contributed by atoms with Crippen molar-refractivity contribution >= 4 is 18.3 Å². The van der Waals surface area contributed by atoms with E-state index in [0.717, 1.165) is 37.9 Å². The molecule has 1 aliphatic heterocycles. The Hall–Kier alpha value is -1.11. The molecular weight excluding hydrogens is 304 g/mol. The number of carbonyl (C=O) groups is 1. The van der Waals surface area contributed by atoms with E-state index in [4.69, 9.17) is 0 Å². The molecule has 1 saturated carbocycles. The number of carbonyl (C=O) groups excluding carboxylic acids is 1. The van der Waals surface area contributed by atoms with E-state index in [2.05, 4.69) is 15.7 Å². The summed E-state index contributed by atoms with van der Waals surface area (Å²) in [5.74, 6) is 0.543. The van der Waals surface area contributed by atoms with Crippen LogP contribution in [0.2, 0.25) is 0 Å². The molecule has 0 radical (unpaired) electrons. The Kier molecular flexibility index (Phi) is 5.47. The molecule has 6 nitrogen and oxygen atoms in total.